The van der Waals surface area contributed by atoms with E-state index in [1.54, 1.807) is 0 Å². The van der Waals surface area contributed by atoms with Gasteiger partial charge in [-0.05, 0) is 19.9 Å². The van der Waals surface area contributed by atoms with Gasteiger partial charge >= 0.3 is 0 Å². The van der Waals surface area contributed by atoms with E-state index >= 15 is 0 Å². The van der Waals surface area contributed by atoms with Crippen molar-refractivity contribution in [3.8, 4) is 0 Å². The highest BCUT2D eigenvalue weighted by molar-refractivity contribution is 5.08. The van der Waals surface area contributed by atoms with Crippen LogP contribution >= 0.6 is 0 Å². The molecule has 0 aromatic heterocycles. The van der Waals surface area contributed by atoms with Gasteiger partial charge < -0.3 is 5.73 Å². The third-order valence-electron chi connectivity index (χ3n) is 5.04. The molecule has 0 radical (unpaired) electrons. The lowest BCUT2D eigenvalue weighted by atomic mass is 9.85. The molecule has 112 valence electrons. The fourth-order valence-corrected chi connectivity index (χ4v) is 3.80. The summed E-state index contributed by atoms with van der Waals surface area (Å²) in [5, 5.41) is 5.62. The lowest BCUT2D eigenvalue weighted by Crippen LogP contribution is -2.84. The Balaban J connectivity index is 2.24. The van der Waals surface area contributed by atoms with Crippen molar-refractivity contribution in [2.24, 2.45) is 11.6 Å². The Bertz CT molecular complexity index is 300. The van der Waals surface area contributed by atoms with E-state index in [1.165, 1.54) is 0 Å². The number of likely N-dealkylation sites (N-methyl/N-ethyl adjacent to an activating group) is 1. The number of hydrogen-bond donors (Lipinski definition) is 3. The van der Waals surface area contributed by atoms with E-state index in [0.29, 0.717) is 0 Å². The highest BCUT2D eigenvalue weighted by Gasteiger charge is 2.53. The molecule has 0 amide bonds. The van der Waals surface area contributed by atoms with Gasteiger partial charge in [0.15, 0.2) is 0 Å². The molecule has 6 nitrogen and oxygen atoms in total. The maximum Gasteiger partial charge on any atom is 0.103 e. The molecule has 5 N–H and O–H groups in total. The molecule has 2 saturated heterocycles. The lowest BCUT2D eigenvalue weighted by Gasteiger charge is -2.61. The molecule has 0 saturated carbocycles. The number of nitrogens with zero attached hydrogens (tertiary/aromatic N) is 3. The van der Waals surface area contributed by atoms with Gasteiger partial charge in [-0.15, -0.1) is 0 Å². The molecule has 2 aliphatic rings. The van der Waals surface area contributed by atoms with Crippen LogP contribution in [0.3, 0.4) is 0 Å². The van der Waals surface area contributed by atoms with E-state index in [0.717, 1.165) is 52.2 Å². The average molecular weight is 270 g/mol. The summed E-state index contributed by atoms with van der Waals surface area (Å²) in [4.78, 5) is 4.89. The van der Waals surface area contributed by atoms with E-state index < -0.39 is 0 Å². The van der Waals surface area contributed by atoms with Crippen LogP contribution < -0.4 is 16.9 Å². The number of hydrogen-bond acceptors (Lipinski definition) is 6. The fraction of sp³-hybridized carbons (Fsp3) is 1.00. The van der Waals surface area contributed by atoms with Crippen LogP contribution in [0.15, 0.2) is 0 Å². The van der Waals surface area contributed by atoms with E-state index in [2.05, 4.69) is 35.9 Å². The molecule has 6 heteroatoms. The quantitative estimate of drug-likeness (QED) is 0.582. The Labute approximate surface area is 117 Å². The topological polar surface area (TPSA) is 73.8 Å². The van der Waals surface area contributed by atoms with Gasteiger partial charge in [-0.3, -0.25) is 21.0 Å². The summed E-state index contributed by atoms with van der Waals surface area (Å²) in [7, 11) is 0. The van der Waals surface area contributed by atoms with Crippen molar-refractivity contribution < 1.29 is 0 Å². The third-order valence-corrected chi connectivity index (χ3v) is 5.04. The highest BCUT2D eigenvalue weighted by atomic mass is 15.5. The summed E-state index contributed by atoms with van der Waals surface area (Å²) < 4.78 is 0. The Morgan fingerprint density at radius 1 is 1.11 bits per heavy atom. The second kappa shape index (κ2) is 5.63. The second-order valence-corrected chi connectivity index (χ2v) is 5.89. The van der Waals surface area contributed by atoms with Crippen molar-refractivity contribution in [2.75, 3.05) is 45.8 Å². The zero-order valence-electron chi connectivity index (χ0n) is 12.7. The van der Waals surface area contributed by atoms with E-state index in [4.69, 9.17) is 11.6 Å². The summed E-state index contributed by atoms with van der Waals surface area (Å²) in [6, 6.07) is 0. The Morgan fingerprint density at radius 3 is 2.26 bits per heavy atom. The molecule has 0 aromatic rings. The smallest absolute Gasteiger partial charge is 0.103 e. The van der Waals surface area contributed by atoms with Crippen LogP contribution in [0.4, 0.5) is 0 Å². The van der Waals surface area contributed by atoms with Gasteiger partial charge in [0.05, 0.1) is 5.66 Å². The van der Waals surface area contributed by atoms with Crippen LogP contribution in [0.2, 0.25) is 0 Å². The van der Waals surface area contributed by atoms with Gasteiger partial charge in [0, 0.05) is 39.3 Å². The van der Waals surface area contributed by atoms with Crippen molar-refractivity contribution in [3.05, 3.63) is 0 Å². The summed E-state index contributed by atoms with van der Waals surface area (Å²) in [5.41, 5.74) is 6.26. The first-order chi connectivity index (χ1) is 8.98. The molecule has 19 heavy (non-hydrogen) atoms. The Kier molecular flexibility index (Phi) is 4.49. The maximum atomic E-state index is 6.76. The van der Waals surface area contributed by atoms with Crippen LogP contribution in [-0.4, -0.2) is 71.9 Å². The molecular weight excluding hydrogens is 240 g/mol. The van der Waals surface area contributed by atoms with Crippen LogP contribution in [-0.2, 0) is 0 Å². The largest absolute Gasteiger partial charge is 0.311 e. The van der Waals surface area contributed by atoms with Gasteiger partial charge in [-0.2, -0.15) is 0 Å². The molecule has 2 atom stereocenters. The van der Waals surface area contributed by atoms with Crippen molar-refractivity contribution in [1.82, 2.24) is 20.1 Å². The number of rotatable bonds is 3. The van der Waals surface area contributed by atoms with E-state index in [9.17, 15) is 0 Å². The van der Waals surface area contributed by atoms with Crippen molar-refractivity contribution in [2.45, 2.75) is 38.5 Å². The first-order valence-electron chi connectivity index (χ1n) is 7.51. The second-order valence-electron chi connectivity index (χ2n) is 5.89. The van der Waals surface area contributed by atoms with Gasteiger partial charge in [0.25, 0.3) is 0 Å². The molecular formula is C13H30N6. The van der Waals surface area contributed by atoms with Crippen molar-refractivity contribution in [1.29, 1.82) is 0 Å². The first kappa shape index (κ1) is 15.2. The average Bonchev–Trinajstić information content (AvgIpc) is 2.39. The Morgan fingerprint density at radius 2 is 1.74 bits per heavy atom. The predicted octanol–water partition coefficient (Wildman–Crippen LogP) is -0.816. The standard InChI is InChI=1S/C13H30N6/c1-4-13(18-8-10-19(15)11-9-18)12(3,14)17(5-2)7-6-16-13/h16H,4-11,14-15H2,1-3H3. The molecule has 2 fully saturated rings. The highest BCUT2D eigenvalue weighted by Crippen LogP contribution is 2.33. The van der Waals surface area contributed by atoms with Gasteiger partial charge in [0.2, 0.25) is 0 Å². The first-order valence-corrected chi connectivity index (χ1v) is 7.51. The minimum Gasteiger partial charge on any atom is -0.311 e. The van der Waals surface area contributed by atoms with Crippen LogP contribution in [0.25, 0.3) is 0 Å². The molecule has 2 aliphatic heterocycles. The van der Waals surface area contributed by atoms with E-state index in [1.807, 2.05) is 5.01 Å². The van der Waals surface area contributed by atoms with E-state index in [-0.39, 0.29) is 11.3 Å². The third kappa shape index (κ3) is 2.41. The Hall–Kier alpha value is -0.240. The fourth-order valence-electron chi connectivity index (χ4n) is 3.80. The van der Waals surface area contributed by atoms with Crippen LogP contribution in [0.5, 0.6) is 0 Å². The normalized spacial score (nSPS) is 39.6. The maximum absolute atomic E-state index is 6.76. The zero-order valence-corrected chi connectivity index (χ0v) is 12.7. The molecule has 0 bridgehead atoms. The predicted molar refractivity (Wildman–Crippen MR) is 78.2 cm³/mol. The van der Waals surface area contributed by atoms with Crippen LogP contribution in [0.1, 0.15) is 27.2 Å². The number of piperazine rings is 2. The lowest BCUT2D eigenvalue weighted by molar-refractivity contribution is -0.123. The summed E-state index contributed by atoms with van der Waals surface area (Å²) in [5.74, 6) is 5.88. The van der Waals surface area contributed by atoms with Gasteiger partial charge in [0.1, 0.15) is 5.66 Å². The zero-order chi connectivity index (χ0) is 14.1. The van der Waals surface area contributed by atoms with Gasteiger partial charge in [-0.25, -0.2) is 5.01 Å². The molecule has 2 rings (SSSR count). The van der Waals surface area contributed by atoms with Crippen molar-refractivity contribution >= 4 is 0 Å². The minimum absolute atomic E-state index is 0.150. The van der Waals surface area contributed by atoms with Crippen LogP contribution in [0, 0.1) is 0 Å². The molecule has 0 aromatic carbocycles. The number of hydrazine groups is 1. The molecule has 2 unspecified atom stereocenters. The number of nitrogens with one attached hydrogen (secondary N) is 1. The summed E-state index contributed by atoms with van der Waals surface area (Å²) in [6.07, 6.45) is 1.00. The molecule has 0 aliphatic carbocycles. The SMILES string of the molecule is CCN1CCNC(CC)(N2CCN(N)CC2)C1(C)N. The van der Waals surface area contributed by atoms with Gasteiger partial charge in [-0.1, -0.05) is 13.8 Å². The van der Waals surface area contributed by atoms with Crippen molar-refractivity contribution in [3.63, 3.8) is 0 Å². The molecule has 0 spiro atoms. The monoisotopic (exact) mass is 270 g/mol. The molecule has 2 heterocycles. The summed E-state index contributed by atoms with van der Waals surface area (Å²) in [6.45, 7) is 13.4. The minimum atomic E-state index is -0.356. The summed E-state index contributed by atoms with van der Waals surface area (Å²) >= 11 is 0. The number of nitrogens with two attached hydrogens (primary N) is 2.